The fraction of sp³-hybridized carbons (Fsp3) is 0.474. The summed E-state index contributed by atoms with van der Waals surface area (Å²) in [5, 5.41) is 8.03. The van der Waals surface area contributed by atoms with Crippen LogP contribution in [0, 0.1) is 5.92 Å². The average Bonchev–Trinajstić information content (AvgIpc) is 2.72. The van der Waals surface area contributed by atoms with Crippen molar-refractivity contribution in [2.45, 2.75) is 37.6 Å². The van der Waals surface area contributed by atoms with Crippen molar-refractivity contribution >= 4 is 43.5 Å². The predicted octanol–water partition coefficient (Wildman–Crippen LogP) is 5.27. The van der Waals surface area contributed by atoms with Crippen LogP contribution in [0.2, 0.25) is 5.02 Å². The highest BCUT2D eigenvalue weighted by Gasteiger charge is 2.38. The van der Waals surface area contributed by atoms with Crippen LogP contribution in [0.1, 0.15) is 36.3 Å². The van der Waals surface area contributed by atoms with Gasteiger partial charge in [-0.25, -0.2) is 0 Å². The molecule has 2 aliphatic heterocycles. The second-order valence-corrected chi connectivity index (χ2v) is 9.17. The number of dihydropyridines is 1. The number of fused-ring (bicyclic) bond motifs is 2. The Bertz CT molecular complexity index is 708. The molecule has 1 aliphatic carbocycles. The van der Waals surface area contributed by atoms with Crippen LogP contribution in [0.25, 0.3) is 0 Å². The van der Waals surface area contributed by atoms with Gasteiger partial charge >= 0.3 is 0 Å². The Hall–Kier alpha value is -0.290. The van der Waals surface area contributed by atoms with E-state index < -0.39 is 0 Å². The summed E-state index contributed by atoms with van der Waals surface area (Å²) < 4.78 is 2.31. The molecule has 2 unspecified atom stereocenters. The van der Waals surface area contributed by atoms with Crippen LogP contribution in [0.5, 0.6) is 0 Å². The van der Waals surface area contributed by atoms with Crippen molar-refractivity contribution in [1.29, 1.82) is 0 Å². The van der Waals surface area contributed by atoms with Crippen LogP contribution in [0.3, 0.4) is 0 Å². The number of rotatable bonds is 1. The van der Waals surface area contributed by atoms with Gasteiger partial charge in [-0.1, -0.05) is 27.5 Å². The van der Waals surface area contributed by atoms with Gasteiger partial charge < -0.3 is 10.6 Å². The minimum absolute atomic E-state index is 0.383. The molecule has 2 atom stereocenters. The van der Waals surface area contributed by atoms with Gasteiger partial charge in [0.15, 0.2) is 0 Å². The maximum absolute atomic E-state index is 6.36. The van der Waals surface area contributed by atoms with E-state index in [1.165, 1.54) is 34.0 Å². The number of nitrogens with one attached hydrogen (secondary N) is 2. The molecule has 0 aromatic heterocycles. The van der Waals surface area contributed by atoms with E-state index in [1.807, 2.05) is 0 Å². The highest BCUT2D eigenvalue weighted by Crippen LogP contribution is 2.46. The van der Waals surface area contributed by atoms with E-state index in [-0.39, 0.29) is 0 Å². The summed E-state index contributed by atoms with van der Waals surface area (Å²) in [7, 11) is 0. The second kappa shape index (κ2) is 7.14. The molecule has 0 spiro atoms. The number of benzene rings is 1. The molecule has 128 valence electrons. The monoisotopic (exact) mass is 470 g/mol. The molecule has 1 aromatic carbocycles. The Morgan fingerprint density at radius 3 is 2.67 bits per heavy atom. The fourth-order valence-corrected chi connectivity index (χ4v) is 6.09. The van der Waals surface area contributed by atoms with E-state index >= 15 is 0 Å². The van der Waals surface area contributed by atoms with E-state index in [9.17, 15) is 0 Å². The molecule has 2 N–H and O–H groups in total. The maximum Gasteiger partial charge on any atom is 0.0543 e. The van der Waals surface area contributed by atoms with Gasteiger partial charge in [-0.15, -0.1) is 0 Å². The van der Waals surface area contributed by atoms with Gasteiger partial charge in [0.2, 0.25) is 0 Å². The summed E-state index contributed by atoms with van der Waals surface area (Å²) in [6.45, 7) is 2.24. The van der Waals surface area contributed by atoms with Crippen molar-refractivity contribution in [3.05, 3.63) is 55.1 Å². The van der Waals surface area contributed by atoms with Crippen molar-refractivity contribution in [2.75, 3.05) is 13.1 Å². The fourth-order valence-electron chi connectivity index (χ4n) is 4.52. The van der Waals surface area contributed by atoms with Crippen LogP contribution >= 0.6 is 43.5 Å². The van der Waals surface area contributed by atoms with Crippen LogP contribution in [-0.4, -0.2) is 19.1 Å². The lowest BCUT2D eigenvalue weighted by Gasteiger charge is -2.38. The van der Waals surface area contributed by atoms with Gasteiger partial charge in [-0.05, 0) is 95.5 Å². The first-order chi connectivity index (χ1) is 11.6. The van der Waals surface area contributed by atoms with Crippen molar-refractivity contribution in [1.82, 2.24) is 10.6 Å². The molecular formula is C19H21Br2ClN2. The van der Waals surface area contributed by atoms with Crippen molar-refractivity contribution < 1.29 is 0 Å². The van der Waals surface area contributed by atoms with Crippen LogP contribution in [0.15, 0.2) is 38.9 Å². The minimum Gasteiger partial charge on any atom is -0.383 e. The first kappa shape index (κ1) is 17.1. The Kier molecular flexibility index (Phi) is 5.10. The maximum atomic E-state index is 6.36. The predicted molar refractivity (Wildman–Crippen MR) is 108 cm³/mol. The Morgan fingerprint density at radius 2 is 1.88 bits per heavy atom. The average molecular weight is 473 g/mol. The summed E-state index contributed by atoms with van der Waals surface area (Å²) >= 11 is 13.8. The lowest BCUT2D eigenvalue weighted by molar-refractivity contribution is 0.287. The summed E-state index contributed by atoms with van der Waals surface area (Å²) in [5.74, 6) is 1.17. The number of halogens is 3. The Morgan fingerprint density at radius 1 is 1.08 bits per heavy atom. The van der Waals surface area contributed by atoms with Crippen molar-refractivity contribution in [3.63, 3.8) is 0 Å². The molecule has 5 heteroatoms. The SMILES string of the molecule is Clc1cc(Br)c2c(c1)CCC1=CC(Br)=CNC1C2C1CCNCC1. The van der Waals surface area contributed by atoms with Gasteiger partial charge in [0.25, 0.3) is 0 Å². The Balaban J connectivity index is 1.83. The molecule has 2 nitrogen and oxygen atoms in total. The molecule has 0 radical (unpaired) electrons. The number of hydrogen-bond donors (Lipinski definition) is 2. The third kappa shape index (κ3) is 3.23. The number of aryl methyl sites for hydroxylation is 1. The largest absolute Gasteiger partial charge is 0.383 e. The molecule has 24 heavy (non-hydrogen) atoms. The zero-order chi connectivity index (χ0) is 16.7. The molecule has 3 aliphatic rings. The van der Waals surface area contributed by atoms with E-state index in [0.717, 1.165) is 35.4 Å². The summed E-state index contributed by atoms with van der Waals surface area (Å²) in [6.07, 6.45) is 9.03. The van der Waals surface area contributed by atoms with Crippen molar-refractivity contribution in [3.8, 4) is 0 Å². The number of hydrogen-bond acceptors (Lipinski definition) is 2. The lowest BCUT2D eigenvalue weighted by atomic mass is 9.73. The summed E-state index contributed by atoms with van der Waals surface area (Å²) in [5.41, 5.74) is 4.39. The molecule has 1 aromatic rings. The third-order valence-electron chi connectivity index (χ3n) is 5.57. The molecule has 2 heterocycles. The van der Waals surface area contributed by atoms with Gasteiger partial charge in [0.05, 0.1) is 6.04 Å². The number of allylic oxidation sites excluding steroid dienone is 2. The Labute approximate surface area is 165 Å². The first-order valence-electron chi connectivity index (χ1n) is 8.64. The normalized spacial score (nSPS) is 27.3. The molecule has 0 bridgehead atoms. The van der Waals surface area contributed by atoms with Gasteiger partial charge in [-0.2, -0.15) is 0 Å². The smallest absolute Gasteiger partial charge is 0.0543 e. The standard InChI is InChI=1S/C19H21Br2ClN2/c20-14-7-13-2-1-12-8-15(22)9-16(21)17(12)18(19(13)24-10-14)11-3-5-23-6-4-11/h7-11,18-19,23-24H,1-6H2. The van der Waals surface area contributed by atoms with Crippen LogP contribution < -0.4 is 10.6 Å². The van der Waals surface area contributed by atoms with Gasteiger partial charge in [-0.3, -0.25) is 0 Å². The van der Waals surface area contributed by atoms with E-state index in [0.29, 0.717) is 17.9 Å². The highest BCUT2D eigenvalue weighted by atomic mass is 79.9. The molecule has 1 fully saturated rings. The topological polar surface area (TPSA) is 24.1 Å². The van der Waals surface area contributed by atoms with Gasteiger partial charge in [0.1, 0.15) is 0 Å². The van der Waals surface area contributed by atoms with E-state index in [4.69, 9.17) is 11.6 Å². The van der Waals surface area contributed by atoms with Crippen LogP contribution in [0.4, 0.5) is 0 Å². The lowest BCUT2D eigenvalue weighted by Crippen LogP contribution is -2.41. The second-order valence-electron chi connectivity index (χ2n) is 6.97. The summed E-state index contributed by atoms with van der Waals surface area (Å²) in [6, 6.07) is 4.63. The number of piperidine rings is 1. The van der Waals surface area contributed by atoms with Crippen LogP contribution in [-0.2, 0) is 6.42 Å². The van der Waals surface area contributed by atoms with Gasteiger partial charge in [0, 0.05) is 26.1 Å². The zero-order valence-electron chi connectivity index (χ0n) is 13.4. The molecular weight excluding hydrogens is 451 g/mol. The molecule has 1 saturated heterocycles. The minimum atomic E-state index is 0.383. The third-order valence-corrected chi connectivity index (χ3v) is 6.90. The molecule has 4 rings (SSSR count). The van der Waals surface area contributed by atoms with E-state index in [2.05, 4.69) is 66.9 Å². The molecule has 0 saturated carbocycles. The zero-order valence-corrected chi connectivity index (χ0v) is 17.3. The summed E-state index contributed by atoms with van der Waals surface area (Å²) in [4.78, 5) is 0. The quantitative estimate of drug-likeness (QED) is 0.582. The first-order valence-corrected chi connectivity index (χ1v) is 10.6. The van der Waals surface area contributed by atoms with E-state index in [1.54, 1.807) is 0 Å². The highest BCUT2D eigenvalue weighted by molar-refractivity contribution is 9.12. The van der Waals surface area contributed by atoms with Crippen molar-refractivity contribution in [2.24, 2.45) is 5.92 Å². The molecule has 0 amide bonds.